The van der Waals surface area contributed by atoms with Crippen molar-refractivity contribution >= 4 is 5.78 Å². The average molecular weight is 324 g/mol. The summed E-state index contributed by atoms with van der Waals surface area (Å²) in [7, 11) is 4.59. The quantitative estimate of drug-likeness (QED) is 0.588. The fourth-order valence-electron chi connectivity index (χ4n) is 3.09. The number of hydrogen-bond acceptors (Lipinski definition) is 5. The highest BCUT2D eigenvalue weighted by Gasteiger charge is 2.30. The number of hydroxylamine groups is 3. The highest BCUT2D eigenvalue weighted by atomic mass is 16.5. The van der Waals surface area contributed by atoms with Crippen molar-refractivity contribution < 1.29 is 28.9 Å². The number of likely N-dealkylation sites (tertiary alicyclic amines) is 1. The zero-order valence-electron chi connectivity index (χ0n) is 14.1. The Labute approximate surface area is 137 Å². The monoisotopic (exact) mass is 324 g/mol. The first kappa shape index (κ1) is 17.6. The van der Waals surface area contributed by atoms with Gasteiger partial charge in [0.05, 0.1) is 21.3 Å². The van der Waals surface area contributed by atoms with Crippen LogP contribution < -0.4 is 14.2 Å². The minimum Gasteiger partial charge on any atom is -0.496 e. The molecular formula is C17H26NO5+. The summed E-state index contributed by atoms with van der Waals surface area (Å²) >= 11 is 0. The Balaban J connectivity index is 2.08. The molecule has 0 spiro atoms. The van der Waals surface area contributed by atoms with Gasteiger partial charge in [-0.2, -0.15) is 4.65 Å². The van der Waals surface area contributed by atoms with Crippen LogP contribution >= 0.6 is 0 Å². The van der Waals surface area contributed by atoms with Gasteiger partial charge in [0, 0.05) is 37.8 Å². The van der Waals surface area contributed by atoms with Crippen LogP contribution in [0.3, 0.4) is 0 Å². The number of Topliss-reactive ketones (excluding diaryl/α,β-unsaturated/α-hetero) is 1. The molecule has 1 heterocycles. The highest BCUT2D eigenvalue weighted by molar-refractivity contribution is 6.01. The van der Waals surface area contributed by atoms with E-state index in [0.717, 1.165) is 25.9 Å². The number of quaternary nitrogens is 1. The molecule has 1 N–H and O–H groups in total. The van der Waals surface area contributed by atoms with Crippen molar-refractivity contribution in [3.63, 3.8) is 0 Å². The van der Waals surface area contributed by atoms with Crippen LogP contribution in [0.2, 0.25) is 0 Å². The molecule has 0 atom stereocenters. The molecule has 1 fully saturated rings. The summed E-state index contributed by atoms with van der Waals surface area (Å²) in [6.45, 7) is 2.17. The maximum atomic E-state index is 12.6. The van der Waals surface area contributed by atoms with E-state index >= 15 is 0 Å². The summed E-state index contributed by atoms with van der Waals surface area (Å²) in [6.07, 6.45) is 3.07. The Morgan fingerprint density at radius 1 is 1.09 bits per heavy atom. The van der Waals surface area contributed by atoms with E-state index in [0.29, 0.717) is 42.2 Å². The largest absolute Gasteiger partial charge is 0.496 e. The summed E-state index contributed by atoms with van der Waals surface area (Å²) in [6, 6.07) is 3.35. The maximum Gasteiger partial charge on any atom is 0.170 e. The van der Waals surface area contributed by atoms with Crippen molar-refractivity contribution in [1.29, 1.82) is 0 Å². The van der Waals surface area contributed by atoms with Crippen LogP contribution in [-0.2, 0) is 0 Å². The second-order valence-electron chi connectivity index (χ2n) is 5.91. The van der Waals surface area contributed by atoms with Crippen LogP contribution in [-0.4, -0.2) is 56.6 Å². The smallest absolute Gasteiger partial charge is 0.170 e. The molecular weight excluding hydrogens is 298 g/mol. The number of methoxy groups -OCH3 is 3. The molecule has 0 bridgehead atoms. The van der Waals surface area contributed by atoms with Crippen LogP contribution in [0.4, 0.5) is 0 Å². The molecule has 6 nitrogen and oxygen atoms in total. The van der Waals surface area contributed by atoms with Crippen molar-refractivity contribution in [2.24, 2.45) is 0 Å². The minimum atomic E-state index is -0.0489. The zero-order valence-corrected chi connectivity index (χ0v) is 14.1. The van der Waals surface area contributed by atoms with E-state index in [1.807, 2.05) is 0 Å². The number of nitrogens with zero attached hydrogens (tertiary/aromatic N) is 1. The fraction of sp³-hybridized carbons (Fsp3) is 0.588. The van der Waals surface area contributed by atoms with Gasteiger partial charge >= 0.3 is 0 Å². The van der Waals surface area contributed by atoms with Crippen molar-refractivity contribution in [1.82, 2.24) is 0 Å². The van der Waals surface area contributed by atoms with Gasteiger partial charge in [0.1, 0.15) is 42.4 Å². The first-order chi connectivity index (χ1) is 11.0. The van der Waals surface area contributed by atoms with Gasteiger partial charge in [-0.05, 0) is 0 Å². The lowest BCUT2D eigenvalue weighted by Crippen LogP contribution is -2.42. The summed E-state index contributed by atoms with van der Waals surface area (Å²) < 4.78 is 15.9. The van der Waals surface area contributed by atoms with Gasteiger partial charge in [-0.25, -0.2) is 5.21 Å². The van der Waals surface area contributed by atoms with Crippen molar-refractivity contribution in [2.45, 2.75) is 25.7 Å². The van der Waals surface area contributed by atoms with Gasteiger partial charge in [-0.1, -0.05) is 0 Å². The number of carbonyl (C=O) groups is 1. The Morgan fingerprint density at radius 2 is 1.65 bits per heavy atom. The third kappa shape index (κ3) is 4.14. The molecule has 6 heteroatoms. The zero-order chi connectivity index (χ0) is 16.9. The second kappa shape index (κ2) is 7.66. The Hall–Kier alpha value is -1.79. The molecule has 2 rings (SSSR count). The van der Waals surface area contributed by atoms with Gasteiger partial charge in [-0.3, -0.25) is 4.79 Å². The van der Waals surface area contributed by atoms with Gasteiger partial charge < -0.3 is 14.2 Å². The Morgan fingerprint density at radius 3 is 2.13 bits per heavy atom. The van der Waals surface area contributed by atoms with Crippen molar-refractivity contribution in [2.75, 3.05) is 41.0 Å². The normalized spacial score (nSPS) is 16.2. The number of benzene rings is 1. The molecule has 23 heavy (non-hydrogen) atoms. The molecule has 1 saturated heterocycles. The van der Waals surface area contributed by atoms with Gasteiger partial charge in [0.15, 0.2) is 5.78 Å². The maximum absolute atomic E-state index is 12.6. The number of ether oxygens (including phenoxy) is 3. The molecule has 0 radical (unpaired) electrons. The molecule has 128 valence electrons. The molecule has 0 aromatic heterocycles. The lowest BCUT2D eigenvalue weighted by atomic mass is 10.0. The first-order valence-electron chi connectivity index (χ1n) is 7.95. The van der Waals surface area contributed by atoms with Crippen molar-refractivity contribution in [3.8, 4) is 17.2 Å². The van der Waals surface area contributed by atoms with Crippen LogP contribution in [0.1, 0.15) is 36.0 Å². The Bertz CT molecular complexity index is 527. The van der Waals surface area contributed by atoms with Crippen LogP contribution in [0.15, 0.2) is 12.1 Å². The molecule has 1 aromatic carbocycles. The molecule has 0 unspecified atom stereocenters. The van der Waals surface area contributed by atoms with E-state index in [9.17, 15) is 10.0 Å². The number of ketones is 1. The third-order valence-electron chi connectivity index (χ3n) is 4.37. The second-order valence-corrected chi connectivity index (χ2v) is 5.91. The van der Waals surface area contributed by atoms with Gasteiger partial charge in [-0.15, -0.1) is 0 Å². The summed E-state index contributed by atoms with van der Waals surface area (Å²) in [5.74, 6) is 1.42. The minimum absolute atomic E-state index is 0.0489. The summed E-state index contributed by atoms with van der Waals surface area (Å²) in [5.41, 5.74) is 0.432. The lowest BCUT2D eigenvalue weighted by Gasteiger charge is -2.24. The Kier molecular flexibility index (Phi) is 5.85. The average Bonchev–Trinajstić information content (AvgIpc) is 2.99. The topological polar surface area (TPSA) is 65.0 Å². The first-order valence-corrected chi connectivity index (χ1v) is 7.95. The van der Waals surface area contributed by atoms with E-state index in [1.165, 1.54) is 14.2 Å². The van der Waals surface area contributed by atoms with Crippen molar-refractivity contribution in [3.05, 3.63) is 17.7 Å². The van der Waals surface area contributed by atoms with E-state index < -0.39 is 0 Å². The lowest BCUT2D eigenvalue weighted by molar-refractivity contribution is -1.09. The molecule has 1 aromatic rings. The van der Waals surface area contributed by atoms with Crippen LogP contribution in [0, 0.1) is 0 Å². The van der Waals surface area contributed by atoms with Crippen LogP contribution in [0.5, 0.6) is 17.2 Å². The number of hydrogen-bond donors (Lipinski definition) is 1. The van der Waals surface area contributed by atoms with E-state index in [-0.39, 0.29) is 10.4 Å². The standard InChI is InChI=1S/C17H26NO5/c1-21-13-11-15(22-2)17(16(12-13)23-3)14(19)7-6-10-18(20)8-4-5-9-18/h11-12,20H,4-10H2,1-3H3/q+1. The third-order valence-corrected chi connectivity index (χ3v) is 4.37. The van der Waals surface area contributed by atoms with Gasteiger partial charge in [0.25, 0.3) is 0 Å². The predicted molar refractivity (Wildman–Crippen MR) is 85.5 cm³/mol. The molecule has 1 aliphatic rings. The summed E-state index contributed by atoms with van der Waals surface area (Å²) in [5, 5.41) is 10.3. The summed E-state index contributed by atoms with van der Waals surface area (Å²) in [4.78, 5) is 12.6. The number of rotatable bonds is 8. The fourth-order valence-corrected chi connectivity index (χ4v) is 3.09. The molecule has 0 saturated carbocycles. The van der Waals surface area contributed by atoms with Crippen LogP contribution in [0.25, 0.3) is 0 Å². The molecule has 0 amide bonds. The van der Waals surface area contributed by atoms with E-state index in [4.69, 9.17) is 14.2 Å². The SMILES string of the molecule is COc1cc(OC)c(C(=O)CCC[N+]2(O)CCCC2)c(OC)c1. The van der Waals surface area contributed by atoms with E-state index in [2.05, 4.69) is 0 Å². The predicted octanol–water partition coefficient (Wildman–Crippen LogP) is 2.68. The molecule has 0 aliphatic carbocycles. The van der Waals surface area contributed by atoms with Gasteiger partial charge in [0.2, 0.25) is 0 Å². The highest BCUT2D eigenvalue weighted by Crippen LogP contribution is 2.35. The van der Waals surface area contributed by atoms with E-state index in [1.54, 1.807) is 19.2 Å². The number of carbonyl (C=O) groups excluding carboxylic acids is 1. The molecule has 1 aliphatic heterocycles.